The molecule has 0 spiro atoms. The maximum absolute atomic E-state index is 11.7. The number of aromatic hydroxyl groups is 1. The van der Waals surface area contributed by atoms with Crippen molar-refractivity contribution in [3.05, 3.63) is 47.6 Å². The predicted octanol–water partition coefficient (Wildman–Crippen LogP) is 3.20. The van der Waals surface area contributed by atoms with Gasteiger partial charge in [0.05, 0.1) is 0 Å². The third kappa shape index (κ3) is 5.40. The first-order valence-electron chi connectivity index (χ1n) is 6.12. The van der Waals surface area contributed by atoms with Gasteiger partial charge in [-0.15, -0.1) is 0 Å². The Hall–Kier alpha value is -2.54. The average Bonchev–Trinajstić information content (AvgIpc) is 2.34. The zero-order valence-corrected chi connectivity index (χ0v) is 11.8. The van der Waals surface area contributed by atoms with E-state index in [1.54, 1.807) is 57.2 Å². The lowest BCUT2D eigenvalue weighted by Crippen LogP contribution is -2.24. The van der Waals surface area contributed by atoms with Gasteiger partial charge in [-0.3, -0.25) is 0 Å². The van der Waals surface area contributed by atoms with Gasteiger partial charge in [-0.25, -0.2) is 4.79 Å². The highest BCUT2D eigenvalue weighted by molar-refractivity contribution is 5.93. The summed E-state index contributed by atoms with van der Waals surface area (Å²) in [4.78, 5) is 11.7. The molecule has 1 aromatic rings. The topological polar surface area (TPSA) is 70.3 Å². The number of carbonyl (C=O) groups excluding carboxylic acids is 1. The Labute approximate surface area is 118 Å². The molecule has 0 aliphatic carbocycles. The van der Waals surface area contributed by atoms with Crippen molar-refractivity contribution in [1.29, 1.82) is 5.26 Å². The van der Waals surface area contributed by atoms with Gasteiger partial charge in [-0.1, -0.05) is 24.3 Å². The van der Waals surface area contributed by atoms with Crippen LogP contribution in [0.4, 0.5) is 0 Å². The Balaban J connectivity index is 2.78. The molecule has 0 atom stereocenters. The first-order valence-corrected chi connectivity index (χ1v) is 6.12. The van der Waals surface area contributed by atoms with Gasteiger partial charge in [0.15, 0.2) is 0 Å². The highest BCUT2D eigenvalue weighted by Gasteiger charge is 2.19. The van der Waals surface area contributed by atoms with Crippen LogP contribution in [0.1, 0.15) is 26.3 Å². The summed E-state index contributed by atoms with van der Waals surface area (Å²) in [5.41, 5.74) is 0.156. The second kappa shape index (κ2) is 6.58. The molecule has 0 amide bonds. The molecule has 0 aliphatic heterocycles. The molecule has 0 radical (unpaired) electrons. The number of phenolic OH excluding ortho intramolecular Hbond substituents is 1. The number of hydrogen-bond acceptors (Lipinski definition) is 4. The van der Waals surface area contributed by atoms with Crippen LogP contribution in [0.15, 0.2) is 42.0 Å². The number of hydrogen-bond donors (Lipinski definition) is 1. The molecule has 1 N–H and O–H groups in total. The quantitative estimate of drug-likeness (QED) is 0.396. The van der Waals surface area contributed by atoms with Crippen molar-refractivity contribution in [2.75, 3.05) is 0 Å². The van der Waals surface area contributed by atoms with Gasteiger partial charge in [-0.05, 0) is 44.5 Å². The average molecular weight is 271 g/mol. The molecule has 0 saturated heterocycles. The number of nitrogens with zero attached hydrogens (tertiary/aromatic N) is 1. The number of benzene rings is 1. The van der Waals surface area contributed by atoms with Crippen molar-refractivity contribution < 1.29 is 14.6 Å². The highest BCUT2D eigenvalue weighted by Crippen LogP contribution is 2.12. The van der Waals surface area contributed by atoms with Crippen LogP contribution in [-0.4, -0.2) is 16.7 Å². The number of phenols is 1. The standard InChI is InChI=1S/C16H17NO3/c1-16(2,3)20-15(19)13(11-17)6-4-5-12-7-9-14(18)10-8-12/h4-10,18H,1-3H3. The first kappa shape index (κ1) is 15.5. The van der Waals surface area contributed by atoms with Crippen molar-refractivity contribution in [3.63, 3.8) is 0 Å². The van der Waals surface area contributed by atoms with E-state index < -0.39 is 11.6 Å². The Morgan fingerprint density at radius 2 is 1.90 bits per heavy atom. The number of rotatable bonds is 3. The van der Waals surface area contributed by atoms with Gasteiger partial charge >= 0.3 is 5.97 Å². The van der Waals surface area contributed by atoms with E-state index in [1.165, 1.54) is 6.08 Å². The summed E-state index contributed by atoms with van der Waals surface area (Å²) in [5.74, 6) is -0.459. The Kier molecular flexibility index (Phi) is 5.10. The molecule has 0 unspecified atom stereocenters. The third-order valence-electron chi connectivity index (χ3n) is 2.18. The van der Waals surface area contributed by atoms with Crippen LogP contribution in [-0.2, 0) is 9.53 Å². The lowest BCUT2D eigenvalue weighted by atomic mass is 10.1. The zero-order valence-electron chi connectivity index (χ0n) is 11.8. The van der Waals surface area contributed by atoms with Gasteiger partial charge in [0.1, 0.15) is 23.0 Å². The minimum atomic E-state index is -0.643. The molecular weight excluding hydrogens is 254 g/mol. The molecule has 1 aromatic carbocycles. The maximum Gasteiger partial charge on any atom is 0.349 e. The molecule has 0 heterocycles. The van der Waals surface area contributed by atoms with Gasteiger partial charge in [0.2, 0.25) is 0 Å². The maximum atomic E-state index is 11.7. The molecule has 0 aliphatic rings. The Bertz CT molecular complexity index is 569. The second-order valence-electron chi connectivity index (χ2n) is 5.14. The third-order valence-corrected chi connectivity index (χ3v) is 2.18. The summed E-state index contributed by atoms with van der Waals surface area (Å²) in [6.45, 7) is 5.23. The van der Waals surface area contributed by atoms with Crippen molar-refractivity contribution in [2.45, 2.75) is 26.4 Å². The van der Waals surface area contributed by atoms with E-state index in [9.17, 15) is 4.79 Å². The Morgan fingerprint density at radius 1 is 1.30 bits per heavy atom. The predicted molar refractivity (Wildman–Crippen MR) is 76.7 cm³/mol. The van der Waals surface area contributed by atoms with E-state index in [0.717, 1.165) is 5.56 Å². The van der Waals surface area contributed by atoms with Crippen LogP contribution < -0.4 is 0 Å². The molecule has 0 fully saturated rings. The zero-order chi connectivity index (χ0) is 15.2. The van der Waals surface area contributed by atoms with Gasteiger partial charge in [-0.2, -0.15) is 5.26 Å². The minimum Gasteiger partial charge on any atom is -0.508 e. The van der Waals surface area contributed by atoms with Crippen LogP contribution in [0.5, 0.6) is 5.75 Å². The SMILES string of the molecule is CC(C)(C)OC(=O)C(C#N)=CC=Cc1ccc(O)cc1. The van der Waals surface area contributed by atoms with Crippen LogP contribution in [0, 0.1) is 11.3 Å². The van der Waals surface area contributed by atoms with Crippen LogP contribution in [0.25, 0.3) is 6.08 Å². The summed E-state index contributed by atoms with van der Waals surface area (Å²) in [6, 6.07) is 8.37. The molecule has 104 valence electrons. The van der Waals surface area contributed by atoms with E-state index in [-0.39, 0.29) is 11.3 Å². The fourth-order valence-electron chi connectivity index (χ4n) is 1.32. The molecule has 1 rings (SSSR count). The normalized spacial score (nSPS) is 12.2. The van der Waals surface area contributed by atoms with Crippen LogP contribution in [0.2, 0.25) is 0 Å². The van der Waals surface area contributed by atoms with Gasteiger partial charge in [0, 0.05) is 0 Å². The molecule has 0 bridgehead atoms. The second-order valence-corrected chi connectivity index (χ2v) is 5.14. The lowest BCUT2D eigenvalue weighted by Gasteiger charge is -2.18. The van der Waals surface area contributed by atoms with E-state index in [0.29, 0.717) is 0 Å². The summed E-state index contributed by atoms with van der Waals surface area (Å²) < 4.78 is 5.11. The molecule has 4 nitrogen and oxygen atoms in total. The highest BCUT2D eigenvalue weighted by atomic mass is 16.6. The molecule has 0 saturated carbocycles. The summed E-state index contributed by atoms with van der Waals surface area (Å²) in [6.07, 6.45) is 4.72. The van der Waals surface area contributed by atoms with E-state index in [1.807, 2.05) is 6.07 Å². The lowest BCUT2D eigenvalue weighted by molar-refractivity contribution is -0.149. The van der Waals surface area contributed by atoms with Crippen molar-refractivity contribution in [3.8, 4) is 11.8 Å². The number of nitriles is 1. The van der Waals surface area contributed by atoms with Crippen LogP contribution >= 0.6 is 0 Å². The number of ether oxygens (including phenoxy) is 1. The van der Waals surface area contributed by atoms with Crippen LogP contribution in [0.3, 0.4) is 0 Å². The smallest absolute Gasteiger partial charge is 0.349 e. The van der Waals surface area contributed by atoms with E-state index in [2.05, 4.69) is 0 Å². The summed E-state index contributed by atoms with van der Waals surface area (Å²) in [5, 5.41) is 18.1. The van der Waals surface area contributed by atoms with Crippen molar-refractivity contribution in [1.82, 2.24) is 0 Å². The minimum absolute atomic E-state index is 0.0602. The van der Waals surface area contributed by atoms with E-state index in [4.69, 9.17) is 15.1 Å². The first-order chi connectivity index (χ1) is 9.31. The summed E-state index contributed by atoms with van der Waals surface area (Å²) in [7, 11) is 0. The number of allylic oxidation sites excluding steroid dienone is 2. The van der Waals surface area contributed by atoms with Crippen molar-refractivity contribution >= 4 is 12.0 Å². The fraction of sp³-hybridized carbons (Fsp3) is 0.250. The van der Waals surface area contributed by atoms with Crippen molar-refractivity contribution in [2.24, 2.45) is 0 Å². The number of esters is 1. The molecule has 4 heteroatoms. The Morgan fingerprint density at radius 3 is 2.40 bits per heavy atom. The summed E-state index contributed by atoms with van der Waals surface area (Å²) >= 11 is 0. The van der Waals surface area contributed by atoms with Gasteiger partial charge < -0.3 is 9.84 Å². The molecule has 0 aromatic heterocycles. The fourth-order valence-corrected chi connectivity index (χ4v) is 1.32. The molecule has 20 heavy (non-hydrogen) atoms. The van der Waals surface area contributed by atoms with E-state index >= 15 is 0 Å². The number of carbonyl (C=O) groups is 1. The van der Waals surface area contributed by atoms with Gasteiger partial charge in [0.25, 0.3) is 0 Å². The molecular formula is C16H17NO3. The largest absolute Gasteiger partial charge is 0.508 e. The monoisotopic (exact) mass is 271 g/mol.